The van der Waals surface area contributed by atoms with Gasteiger partial charge in [-0.2, -0.15) is 0 Å². The Morgan fingerprint density at radius 1 is 1.14 bits per heavy atom. The maximum atomic E-state index is 12.7. The van der Waals surface area contributed by atoms with Gasteiger partial charge < -0.3 is 5.11 Å². The molecule has 9 heteroatoms. The molecule has 2 aromatic carbocycles. The molecule has 0 saturated heterocycles. The summed E-state index contributed by atoms with van der Waals surface area (Å²) in [7, 11) is -4.09. The molecule has 0 heterocycles. The van der Waals surface area contributed by atoms with E-state index in [1.807, 2.05) is 0 Å². The molecule has 2 aromatic rings. The minimum atomic E-state index is -4.09. The van der Waals surface area contributed by atoms with Crippen LogP contribution in [-0.2, 0) is 10.0 Å². The first-order valence-electron chi connectivity index (χ1n) is 5.55. The van der Waals surface area contributed by atoms with Gasteiger partial charge in [0, 0.05) is 11.8 Å². The Bertz CT molecular complexity index is 790. The van der Waals surface area contributed by atoms with Gasteiger partial charge in [0.2, 0.25) is 0 Å². The zero-order valence-electron chi connectivity index (χ0n) is 10.4. The lowest BCUT2D eigenvalue weighted by Gasteiger charge is -2.08. The Kier molecular flexibility index (Phi) is 3.76. The van der Waals surface area contributed by atoms with E-state index < -0.39 is 37.1 Å². The van der Waals surface area contributed by atoms with Crippen LogP contribution in [0.2, 0.25) is 0 Å². The lowest BCUT2D eigenvalue weighted by molar-refractivity contribution is -0.386. The first kappa shape index (κ1) is 14.7. The highest BCUT2D eigenvalue weighted by molar-refractivity contribution is 7.92. The maximum Gasteiger partial charge on any atom is 0.312 e. The number of phenols is 1. The molecule has 0 radical (unpaired) electrons. The van der Waals surface area contributed by atoms with Crippen molar-refractivity contribution in [1.29, 1.82) is 0 Å². The Morgan fingerprint density at radius 2 is 1.76 bits per heavy atom. The molecule has 0 amide bonds. The second-order valence-electron chi connectivity index (χ2n) is 4.02. The number of sulfonamides is 1. The van der Waals surface area contributed by atoms with Gasteiger partial charge in [-0.3, -0.25) is 14.8 Å². The summed E-state index contributed by atoms with van der Waals surface area (Å²) < 4.78 is 39.0. The second kappa shape index (κ2) is 5.37. The predicted octanol–water partition coefficient (Wildman–Crippen LogP) is 2.24. The zero-order valence-corrected chi connectivity index (χ0v) is 11.2. The second-order valence-corrected chi connectivity index (χ2v) is 5.70. The van der Waals surface area contributed by atoms with Gasteiger partial charge in [-0.15, -0.1) is 0 Å². The predicted molar refractivity (Wildman–Crippen MR) is 72.0 cm³/mol. The van der Waals surface area contributed by atoms with Gasteiger partial charge in [0.05, 0.1) is 9.82 Å². The molecule has 0 bridgehead atoms. The number of nitrogens with one attached hydrogen (secondary N) is 1. The highest BCUT2D eigenvalue weighted by Crippen LogP contribution is 2.29. The standard InChI is InChI=1S/C12H9FN2O5S/c13-8-1-3-9(4-2-8)14-21(19,20)10-5-6-12(16)11(7-10)15(17)18/h1-7,14,16H. The topological polar surface area (TPSA) is 110 Å². The van der Waals surface area contributed by atoms with Gasteiger partial charge in [0.1, 0.15) is 5.82 Å². The Labute approximate surface area is 118 Å². The van der Waals surface area contributed by atoms with Gasteiger partial charge in [0.15, 0.2) is 5.75 Å². The molecule has 0 aromatic heterocycles. The van der Waals surface area contributed by atoms with Crippen LogP contribution in [0.25, 0.3) is 0 Å². The first-order valence-corrected chi connectivity index (χ1v) is 7.04. The number of anilines is 1. The smallest absolute Gasteiger partial charge is 0.312 e. The monoisotopic (exact) mass is 312 g/mol. The summed E-state index contributed by atoms with van der Waals surface area (Å²) in [5.41, 5.74) is -0.621. The average molecular weight is 312 g/mol. The van der Waals surface area contributed by atoms with Gasteiger partial charge in [-0.05, 0) is 36.4 Å². The van der Waals surface area contributed by atoms with E-state index in [2.05, 4.69) is 4.72 Å². The summed E-state index contributed by atoms with van der Waals surface area (Å²) in [6.45, 7) is 0. The normalized spacial score (nSPS) is 11.1. The van der Waals surface area contributed by atoms with E-state index in [9.17, 15) is 28.0 Å². The van der Waals surface area contributed by atoms with Gasteiger partial charge in [0.25, 0.3) is 10.0 Å². The lowest BCUT2D eigenvalue weighted by Crippen LogP contribution is -2.13. The Morgan fingerprint density at radius 3 is 2.33 bits per heavy atom. The number of aromatic hydroxyl groups is 1. The largest absolute Gasteiger partial charge is 0.502 e. The average Bonchev–Trinajstić information content (AvgIpc) is 2.41. The summed E-state index contributed by atoms with van der Waals surface area (Å²) in [6, 6.07) is 7.23. The third-order valence-corrected chi connectivity index (χ3v) is 3.93. The minimum Gasteiger partial charge on any atom is -0.502 e. The van der Waals surface area contributed by atoms with Crippen LogP contribution in [0, 0.1) is 15.9 Å². The molecule has 21 heavy (non-hydrogen) atoms. The van der Waals surface area contributed by atoms with Crippen LogP contribution in [0.4, 0.5) is 15.8 Å². The zero-order chi connectivity index (χ0) is 15.6. The van der Waals surface area contributed by atoms with Crippen LogP contribution >= 0.6 is 0 Å². The summed E-state index contributed by atoms with van der Waals surface area (Å²) in [5, 5.41) is 20.0. The molecular weight excluding hydrogens is 303 g/mol. The molecule has 2 rings (SSSR count). The summed E-state index contributed by atoms with van der Waals surface area (Å²) in [4.78, 5) is 9.40. The maximum absolute atomic E-state index is 12.7. The van der Waals surface area contributed by atoms with E-state index in [-0.39, 0.29) is 5.69 Å². The fourth-order valence-electron chi connectivity index (χ4n) is 1.55. The lowest BCUT2D eigenvalue weighted by atomic mass is 10.3. The van der Waals surface area contributed by atoms with E-state index in [0.717, 1.165) is 30.3 Å². The van der Waals surface area contributed by atoms with E-state index in [1.165, 1.54) is 12.1 Å². The molecule has 110 valence electrons. The molecule has 7 nitrogen and oxygen atoms in total. The van der Waals surface area contributed by atoms with Crippen molar-refractivity contribution in [2.45, 2.75) is 4.90 Å². The summed E-state index contributed by atoms with van der Waals surface area (Å²) in [6.07, 6.45) is 0. The number of halogens is 1. The Hall–Kier alpha value is -2.68. The van der Waals surface area contributed by atoms with E-state index >= 15 is 0 Å². The highest BCUT2D eigenvalue weighted by atomic mass is 32.2. The number of rotatable bonds is 4. The number of hydrogen-bond acceptors (Lipinski definition) is 5. The Balaban J connectivity index is 2.38. The molecule has 0 unspecified atom stereocenters. The number of nitro groups is 1. The van der Waals surface area contributed by atoms with E-state index in [4.69, 9.17) is 0 Å². The molecule has 2 N–H and O–H groups in total. The van der Waals surface area contributed by atoms with Gasteiger partial charge in [-0.1, -0.05) is 0 Å². The minimum absolute atomic E-state index is 0.104. The quantitative estimate of drug-likeness (QED) is 0.664. The van der Waals surface area contributed by atoms with Crippen molar-refractivity contribution < 1.29 is 22.8 Å². The molecule has 0 spiro atoms. The molecular formula is C12H9FN2O5S. The van der Waals surface area contributed by atoms with Crippen molar-refractivity contribution in [3.05, 3.63) is 58.4 Å². The third-order valence-electron chi connectivity index (χ3n) is 2.55. The van der Waals surface area contributed by atoms with E-state index in [1.54, 1.807) is 0 Å². The summed E-state index contributed by atoms with van der Waals surface area (Å²) in [5.74, 6) is -1.17. The number of hydrogen-bond donors (Lipinski definition) is 2. The third kappa shape index (κ3) is 3.26. The van der Waals surface area contributed by atoms with Crippen molar-refractivity contribution in [1.82, 2.24) is 0 Å². The molecule has 0 atom stereocenters. The van der Waals surface area contributed by atoms with Crippen LogP contribution in [0.5, 0.6) is 5.75 Å². The fraction of sp³-hybridized carbons (Fsp3) is 0. The van der Waals surface area contributed by atoms with Crippen LogP contribution in [0.3, 0.4) is 0 Å². The molecule has 0 saturated carbocycles. The number of nitro benzene ring substituents is 1. The van der Waals surface area contributed by atoms with Gasteiger partial charge in [-0.25, -0.2) is 12.8 Å². The first-order chi connectivity index (χ1) is 9.79. The molecule has 0 aliphatic rings. The molecule has 0 fully saturated rings. The number of nitrogens with zero attached hydrogens (tertiary/aromatic N) is 1. The summed E-state index contributed by atoms with van der Waals surface area (Å²) >= 11 is 0. The SMILES string of the molecule is O=[N+]([O-])c1cc(S(=O)(=O)Nc2ccc(F)cc2)ccc1O. The van der Waals surface area contributed by atoms with Crippen LogP contribution in [0.1, 0.15) is 0 Å². The van der Waals surface area contributed by atoms with Crippen molar-refractivity contribution >= 4 is 21.4 Å². The van der Waals surface area contributed by atoms with Crippen molar-refractivity contribution in [3.8, 4) is 5.75 Å². The molecule has 0 aliphatic heterocycles. The van der Waals surface area contributed by atoms with Crippen LogP contribution in [0.15, 0.2) is 47.4 Å². The number of phenolic OH excluding ortho intramolecular Hbond substituents is 1. The van der Waals surface area contributed by atoms with Crippen molar-refractivity contribution in [2.75, 3.05) is 4.72 Å². The van der Waals surface area contributed by atoms with Crippen LogP contribution < -0.4 is 4.72 Å². The molecule has 0 aliphatic carbocycles. The van der Waals surface area contributed by atoms with Crippen LogP contribution in [-0.4, -0.2) is 18.4 Å². The highest BCUT2D eigenvalue weighted by Gasteiger charge is 2.21. The van der Waals surface area contributed by atoms with Crippen molar-refractivity contribution in [2.24, 2.45) is 0 Å². The van der Waals surface area contributed by atoms with Gasteiger partial charge >= 0.3 is 5.69 Å². The number of benzene rings is 2. The van der Waals surface area contributed by atoms with Crippen molar-refractivity contribution in [3.63, 3.8) is 0 Å². The fourth-order valence-corrected chi connectivity index (χ4v) is 2.63. The van der Waals surface area contributed by atoms with E-state index in [0.29, 0.717) is 0 Å².